The van der Waals surface area contributed by atoms with Gasteiger partial charge in [0.2, 0.25) is 0 Å². The van der Waals surface area contributed by atoms with Gasteiger partial charge in [-0.2, -0.15) is 0 Å². The summed E-state index contributed by atoms with van der Waals surface area (Å²) in [6.45, 7) is 5.61. The number of imidazole rings is 1. The molecule has 1 N–H and O–H groups in total. The number of esters is 1. The summed E-state index contributed by atoms with van der Waals surface area (Å²) in [5, 5.41) is 4.66. The van der Waals surface area contributed by atoms with Gasteiger partial charge in [0.15, 0.2) is 21.9 Å². The van der Waals surface area contributed by atoms with Crippen LogP contribution in [0.15, 0.2) is 35.8 Å². The third-order valence-corrected chi connectivity index (χ3v) is 4.93. The molecule has 0 spiro atoms. The summed E-state index contributed by atoms with van der Waals surface area (Å²) in [7, 11) is 0. The van der Waals surface area contributed by atoms with Crippen molar-refractivity contribution in [1.82, 2.24) is 9.38 Å². The number of amides is 1. The number of aromatic nitrogens is 2. The number of nitrogens with one attached hydrogen (secondary N) is 1. The van der Waals surface area contributed by atoms with Crippen LogP contribution in [0, 0.1) is 0 Å². The number of hydrogen-bond donors (Lipinski definition) is 1. The average molecular weight is 392 g/mol. The predicted octanol–water partition coefficient (Wildman–Crippen LogP) is 4.36. The van der Waals surface area contributed by atoms with Crippen molar-refractivity contribution >= 4 is 45.5 Å². The van der Waals surface area contributed by atoms with Gasteiger partial charge in [0.25, 0.3) is 5.91 Å². The van der Waals surface area contributed by atoms with Gasteiger partial charge in [-0.25, -0.2) is 9.78 Å². The van der Waals surface area contributed by atoms with Gasteiger partial charge >= 0.3 is 5.97 Å². The molecule has 1 amide bonds. The highest BCUT2D eigenvalue weighted by Crippen LogP contribution is 2.25. The van der Waals surface area contributed by atoms with Crippen LogP contribution in [0.1, 0.15) is 42.7 Å². The van der Waals surface area contributed by atoms with Crippen molar-refractivity contribution in [1.29, 1.82) is 0 Å². The van der Waals surface area contributed by atoms with Crippen molar-refractivity contribution in [2.24, 2.45) is 0 Å². The quantitative estimate of drug-likeness (QED) is 0.656. The van der Waals surface area contributed by atoms with E-state index in [0.29, 0.717) is 10.6 Å². The van der Waals surface area contributed by atoms with Gasteiger partial charge in [0.1, 0.15) is 0 Å². The molecule has 136 valence electrons. The van der Waals surface area contributed by atoms with E-state index in [-0.39, 0.29) is 16.8 Å². The number of anilines is 1. The Labute approximate surface area is 159 Å². The highest BCUT2D eigenvalue weighted by Gasteiger charge is 2.25. The number of rotatable bonds is 5. The van der Waals surface area contributed by atoms with E-state index in [2.05, 4.69) is 10.3 Å². The first-order chi connectivity index (χ1) is 12.4. The fourth-order valence-electron chi connectivity index (χ4n) is 2.56. The molecule has 2 aromatic heterocycles. The number of benzene rings is 1. The smallest absolute Gasteiger partial charge is 0.359 e. The summed E-state index contributed by atoms with van der Waals surface area (Å²) < 4.78 is 6.85. The van der Waals surface area contributed by atoms with Gasteiger partial charge in [0, 0.05) is 17.3 Å². The first kappa shape index (κ1) is 18.4. The Bertz CT molecular complexity index is 964. The van der Waals surface area contributed by atoms with Gasteiger partial charge in [-0.1, -0.05) is 43.6 Å². The number of carbonyl (C=O) groups is 2. The second-order valence-corrected chi connectivity index (χ2v) is 7.32. The van der Waals surface area contributed by atoms with Crippen LogP contribution in [0.2, 0.25) is 5.15 Å². The molecule has 0 unspecified atom stereocenters. The fraction of sp³-hybridized carbons (Fsp3) is 0.278. The number of fused-ring (bicyclic) bond motifs is 1. The van der Waals surface area contributed by atoms with E-state index in [1.165, 1.54) is 18.3 Å². The van der Waals surface area contributed by atoms with Gasteiger partial charge in [-0.3, -0.25) is 9.20 Å². The highest BCUT2D eigenvalue weighted by atomic mass is 35.5. The molecule has 1 atom stereocenters. The maximum absolute atomic E-state index is 12.4. The Balaban J connectivity index is 1.73. The van der Waals surface area contributed by atoms with Crippen LogP contribution in [-0.2, 0) is 9.53 Å². The van der Waals surface area contributed by atoms with E-state index in [1.807, 2.05) is 38.1 Å². The van der Waals surface area contributed by atoms with Crippen molar-refractivity contribution in [3.8, 4) is 0 Å². The summed E-state index contributed by atoms with van der Waals surface area (Å²) in [5.41, 5.74) is 1.83. The lowest BCUT2D eigenvalue weighted by Crippen LogP contribution is -2.30. The molecular weight excluding hydrogens is 374 g/mol. The summed E-state index contributed by atoms with van der Waals surface area (Å²) in [4.78, 5) is 29.6. The van der Waals surface area contributed by atoms with E-state index >= 15 is 0 Å². The minimum Gasteiger partial charge on any atom is -0.448 e. The molecule has 2 heterocycles. The van der Waals surface area contributed by atoms with Gasteiger partial charge < -0.3 is 10.1 Å². The third-order valence-electron chi connectivity index (χ3n) is 3.91. The normalized spacial score (nSPS) is 12.3. The second-order valence-electron chi connectivity index (χ2n) is 6.09. The van der Waals surface area contributed by atoms with Crippen LogP contribution in [0.3, 0.4) is 0 Å². The monoisotopic (exact) mass is 391 g/mol. The van der Waals surface area contributed by atoms with Crippen molar-refractivity contribution in [3.63, 3.8) is 0 Å². The lowest BCUT2D eigenvalue weighted by Gasteiger charge is -2.17. The molecule has 0 radical (unpaired) electrons. The van der Waals surface area contributed by atoms with Crippen LogP contribution in [0.4, 0.5) is 5.69 Å². The molecule has 0 saturated carbocycles. The summed E-state index contributed by atoms with van der Waals surface area (Å²) in [6.07, 6.45) is 0.696. The standard InChI is InChI=1S/C18H18ClN3O3S/c1-10(2)12-6-4-5-7-13(12)20-16(23)11(3)25-17(24)14-15(19)21-18-22(14)8-9-26-18/h4-11H,1-3H3,(H,20,23)/t11-/m0/s1. The Kier molecular flexibility index (Phi) is 5.29. The number of thiazole rings is 1. The molecule has 26 heavy (non-hydrogen) atoms. The van der Waals surface area contributed by atoms with Crippen LogP contribution in [0.5, 0.6) is 0 Å². The molecule has 0 aliphatic heterocycles. The minimum atomic E-state index is -0.983. The molecule has 3 rings (SSSR count). The van der Waals surface area contributed by atoms with E-state index < -0.39 is 18.0 Å². The van der Waals surface area contributed by atoms with E-state index in [9.17, 15) is 9.59 Å². The molecule has 8 heteroatoms. The summed E-state index contributed by atoms with van der Waals surface area (Å²) in [5.74, 6) is -0.851. The lowest BCUT2D eigenvalue weighted by atomic mass is 10.0. The topological polar surface area (TPSA) is 72.7 Å². The largest absolute Gasteiger partial charge is 0.448 e. The van der Waals surface area contributed by atoms with Gasteiger partial charge in [-0.05, 0) is 24.5 Å². The van der Waals surface area contributed by atoms with Crippen LogP contribution < -0.4 is 5.32 Å². The predicted molar refractivity (Wildman–Crippen MR) is 102 cm³/mol. The van der Waals surface area contributed by atoms with Crippen LogP contribution >= 0.6 is 22.9 Å². The van der Waals surface area contributed by atoms with Crippen molar-refractivity contribution < 1.29 is 14.3 Å². The van der Waals surface area contributed by atoms with E-state index in [4.69, 9.17) is 16.3 Å². The van der Waals surface area contributed by atoms with Gasteiger partial charge in [0.05, 0.1) is 0 Å². The highest BCUT2D eigenvalue weighted by molar-refractivity contribution is 7.15. The zero-order valence-corrected chi connectivity index (χ0v) is 16.1. The molecule has 0 aliphatic rings. The number of halogens is 1. The van der Waals surface area contributed by atoms with Gasteiger partial charge in [-0.15, -0.1) is 11.3 Å². The number of hydrogen-bond acceptors (Lipinski definition) is 5. The van der Waals surface area contributed by atoms with Crippen molar-refractivity contribution in [3.05, 3.63) is 52.3 Å². The third kappa shape index (κ3) is 3.59. The molecule has 0 saturated heterocycles. The number of ether oxygens (including phenoxy) is 1. The molecule has 0 fully saturated rings. The van der Waals surface area contributed by atoms with E-state index in [1.54, 1.807) is 16.0 Å². The zero-order valence-electron chi connectivity index (χ0n) is 14.5. The molecule has 6 nitrogen and oxygen atoms in total. The SMILES string of the molecule is CC(C)c1ccccc1NC(=O)[C@H](C)OC(=O)c1c(Cl)nc2sccn12. The van der Waals surface area contributed by atoms with Crippen molar-refractivity contribution in [2.45, 2.75) is 32.8 Å². The lowest BCUT2D eigenvalue weighted by molar-refractivity contribution is -0.123. The summed E-state index contributed by atoms with van der Waals surface area (Å²) in [6, 6.07) is 7.54. The van der Waals surface area contributed by atoms with E-state index in [0.717, 1.165) is 5.56 Å². The zero-order chi connectivity index (χ0) is 18.8. The Hall–Kier alpha value is -2.38. The number of nitrogens with zero attached hydrogens (tertiary/aromatic N) is 2. The first-order valence-corrected chi connectivity index (χ1v) is 9.36. The molecule has 1 aromatic carbocycles. The number of carbonyl (C=O) groups excluding carboxylic acids is 2. The molecule has 0 bridgehead atoms. The fourth-order valence-corrected chi connectivity index (χ4v) is 3.57. The molecular formula is C18H18ClN3O3S. The molecule has 3 aromatic rings. The van der Waals surface area contributed by atoms with Crippen LogP contribution in [0.25, 0.3) is 4.96 Å². The second kappa shape index (κ2) is 7.47. The Morgan fingerprint density at radius 1 is 1.27 bits per heavy atom. The summed E-state index contributed by atoms with van der Waals surface area (Å²) >= 11 is 7.38. The first-order valence-electron chi connectivity index (χ1n) is 8.10. The van der Waals surface area contributed by atoms with Crippen LogP contribution in [-0.4, -0.2) is 27.4 Å². The maximum atomic E-state index is 12.4. The Morgan fingerprint density at radius 3 is 2.73 bits per heavy atom. The van der Waals surface area contributed by atoms with Crippen molar-refractivity contribution in [2.75, 3.05) is 5.32 Å². The maximum Gasteiger partial charge on any atom is 0.359 e. The molecule has 0 aliphatic carbocycles. The average Bonchev–Trinajstić information content (AvgIpc) is 3.14. The Morgan fingerprint density at radius 2 is 2.00 bits per heavy atom. The minimum absolute atomic E-state index is 0.0552. The number of para-hydroxylation sites is 1.